The fraction of sp³-hybridized carbons (Fsp3) is 0.429. The first-order valence-corrected chi connectivity index (χ1v) is 7.63. The molecule has 21 heavy (non-hydrogen) atoms. The Kier molecular flexibility index (Phi) is 2.26. The van der Waals surface area contributed by atoms with Crippen molar-refractivity contribution in [2.75, 3.05) is 0 Å². The Hall–Kier alpha value is -1.56. The number of benzene rings is 2. The molecule has 0 unspecified atom stereocenters. The first kappa shape index (κ1) is 9.46. The maximum absolute atomic E-state index is 8.12. The van der Waals surface area contributed by atoms with Crippen LogP contribution in [0.15, 0.2) is 54.5 Å². The summed E-state index contributed by atoms with van der Waals surface area (Å²) < 4.78 is 39.7. The number of hydrogen-bond donors (Lipinski definition) is 0. The summed E-state index contributed by atoms with van der Waals surface area (Å²) in [6.07, 6.45) is 2.27. The van der Waals surface area contributed by atoms with Crippen LogP contribution in [0.3, 0.4) is 0 Å². The fourth-order valence-electron chi connectivity index (χ4n) is 3.41. The highest BCUT2D eigenvalue weighted by Gasteiger charge is 2.46. The van der Waals surface area contributed by atoms with Crippen LogP contribution in [0.25, 0.3) is 11.1 Å². The van der Waals surface area contributed by atoms with Crippen molar-refractivity contribution in [3.8, 4) is 11.1 Å². The molecule has 0 bridgehead atoms. The van der Waals surface area contributed by atoms with Crippen LogP contribution in [-0.2, 0) is 0 Å². The molecule has 0 aromatic heterocycles. The van der Waals surface area contributed by atoms with E-state index in [2.05, 4.69) is 39.8 Å². The SMILES string of the molecule is [2H]c1c([2H])c([2H])c(-c2ccc(C3CC(C)(C)C(C)(C)C3)cc2)c([2H])c1[2H]. The molecule has 0 radical (unpaired) electrons. The van der Waals surface area contributed by atoms with Crippen LogP contribution in [0.4, 0.5) is 0 Å². The summed E-state index contributed by atoms with van der Waals surface area (Å²) in [6.45, 7) is 9.31. The van der Waals surface area contributed by atoms with E-state index in [4.69, 9.17) is 6.85 Å². The molecule has 110 valence electrons. The molecule has 0 spiro atoms. The monoisotopic (exact) mass is 283 g/mol. The van der Waals surface area contributed by atoms with Gasteiger partial charge in [0.1, 0.15) is 0 Å². The van der Waals surface area contributed by atoms with E-state index in [1.807, 2.05) is 12.1 Å². The predicted octanol–water partition coefficient (Wildman–Crippen LogP) is 6.28. The van der Waals surface area contributed by atoms with Crippen LogP contribution in [0.1, 0.15) is 58.9 Å². The third kappa shape index (κ3) is 2.64. The molecule has 0 amide bonds. The number of hydrogen-bond acceptors (Lipinski definition) is 0. The minimum absolute atomic E-state index is 0.146. The molecule has 0 saturated heterocycles. The van der Waals surface area contributed by atoms with Crippen molar-refractivity contribution in [3.05, 3.63) is 60.0 Å². The van der Waals surface area contributed by atoms with Crippen molar-refractivity contribution < 1.29 is 6.85 Å². The van der Waals surface area contributed by atoms with Crippen LogP contribution in [0.2, 0.25) is 0 Å². The van der Waals surface area contributed by atoms with Crippen molar-refractivity contribution in [1.82, 2.24) is 0 Å². The second-order valence-corrected chi connectivity index (χ2v) is 7.49. The average Bonchev–Trinajstić information content (AvgIpc) is 2.80. The van der Waals surface area contributed by atoms with Gasteiger partial charge in [-0.25, -0.2) is 0 Å². The van der Waals surface area contributed by atoms with E-state index >= 15 is 0 Å². The molecule has 0 nitrogen and oxygen atoms in total. The lowest BCUT2D eigenvalue weighted by Gasteiger charge is -2.34. The molecule has 0 N–H and O–H groups in total. The molecule has 0 heterocycles. The summed E-state index contributed by atoms with van der Waals surface area (Å²) in [6, 6.07) is 6.67. The van der Waals surface area contributed by atoms with Gasteiger partial charge in [0.05, 0.1) is 6.85 Å². The first-order valence-electron chi connectivity index (χ1n) is 10.1. The Labute approximate surface area is 136 Å². The summed E-state index contributed by atoms with van der Waals surface area (Å²) in [4.78, 5) is 0. The molecule has 2 aromatic rings. The molecule has 1 aliphatic rings. The van der Waals surface area contributed by atoms with Gasteiger partial charge < -0.3 is 0 Å². The quantitative estimate of drug-likeness (QED) is 0.608. The third-order valence-electron chi connectivity index (χ3n) is 5.52. The lowest BCUT2D eigenvalue weighted by molar-refractivity contribution is 0.157. The first-order chi connectivity index (χ1) is 12.0. The summed E-state index contributed by atoms with van der Waals surface area (Å²) in [5.41, 5.74) is 2.77. The third-order valence-corrected chi connectivity index (χ3v) is 5.52. The summed E-state index contributed by atoms with van der Waals surface area (Å²) in [7, 11) is 0. The van der Waals surface area contributed by atoms with Crippen molar-refractivity contribution in [1.29, 1.82) is 0 Å². The second-order valence-electron chi connectivity index (χ2n) is 7.49. The highest BCUT2D eigenvalue weighted by atomic mass is 14.5. The predicted molar refractivity (Wildman–Crippen MR) is 91.4 cm³/mol. The number of rotatable bonds is 2. The van der Waals surface area contributed by atoms with Gasteiger partial charge in [0.2, 0.25) is 0 Å². The summed E-state index contributed by atoms with van der Waals surface area (Å²) in [5.74, 6) is 0.495. The molecular formula is C21H26. The average molecular weight is 283 g/mol. The van der Waals surface area contributed by atoms with E-state index in [9.17, 15) is 0 Å². The van der Waals surface area contributed by atoms with Crippen LogP contribution >= 0.6 is 0 Å². The lowest BCUT2D eigenvalue weighted by Crippen LogP contribution is -2.25. The van der Waals surface area contributed by atoms with Gasteiger partial charge in [0.15, 0.2) is 0 Å². The van der Waals surface area contributed by atoms with Crippen LogP contribution in [-0.4, -0.2) is 0 Å². The Morgan fingerprint density at radius 3 is 1.86 bits per heavy atom. The minimum Gasteiger partial charge on any atom is -0.0622 e. The highest BCUT2D eigenvalue weighted by Crippen LogP contribution is 2.57. The summed E-state index contributed by atoms with van der Waals surface area (Å²) >= 11 is 0. The highest BCUT2D eigenvalue weighted by molar-refractivity contribution is 5.63. The zero-order valence-electron chi connectivity index (χ0n) is 18.3. The lowest BCUT2D eigenvalue weighted by atomic mass is 9.71. The van der Waals surface area contributed by atoms with Gasteiger partial charge in [0, 0.05) is 0 Å². The second kappa shape index (κ2) is 5.02. The van der Waals surface area contributed by atoms with Crippen LogP contribution in [0.5, 0.6) is 0 Å². The molecule has 1 aliphatic carbocycles. The van der Waals surface area contributed by atoms with Gasteiger partial charge in [0.25, 0.3) is 0 Å². The van der Waals surface area contributed by atoms with Crippen LogP contribution < -0.4 is 0 Å². The Morgan fingerprint density at radius 1 is 0.810 bits per heavy atom. The summed E-state index contributed by atoms with van der Waals surface area (Å²) in [5, 5.41) is 0. The maximum atomic E-state index is 8.12. The molecule has 3 rings (SSSR count). The molecule has 1 fully saturated rings. The molecule has 2 aromatic carbocycles. The van der Waals surface area contributed by atoms with Crippen molar-refractivity contribution in [2.24, 2.45) is 10.8 Å². The van der Waals surface area contributed by atoms with E-state index in [0.29, 0.717) is 11.5 Å². The minimum atomic E-state index is -0.351. The zero-order chi connectivity index (χ0) is 19.4. The maximum Gasteiger partial charge on any atom is 0.0629 e. The smallest absolute Gasteiger partial charge is 0.0622 e. The van der Waals surface area contributed by atoms with E-state index < -0.39 is 0 Å². The van der Waals surface area contributed by atoms with Crippen LogP contribution in [0, 0.1) is 10.8 Å². The van der Waals surface area contributed by atoms with Crippen molar-refractivity contribution in [2.45, 2.75) is 46.5 Å². The molecular weight excluding hydrogens is 252 g/mol. The normalized spacial score (nSPS) is 23.9. The van der Waals surface area contributed by atoms with Gasteiger partial charge in [-0.2, -0.15) is 0 Å². The molecule has 0 atom stereocenters. The van der Waals surface area contributed by atoms with E-state index in [1.54, 1.807) is 0 Å². The largest absolute Gasteiger partial charge is 0.0629 e. The molecule has 0 aliphatic heterocycles. The van der Waals surface area contributed by atoms with Gasteiger partial charge >= 0.3 is 0 Å². The van der Waals surface area contributed by atoms with Gasteiger partial charge in [-0.15, -0.1) is 0 Å². The zero-order valence-corrected chi connectivity index (χ0v) is 13.3. The standard InChI is InChI=1S/C21H26/c1-20(2)14-19(15-21(20,3)4)18-12-10-17(11-13-18)16-8-6-5-7-9-16/h5-13,19H,14-15H2,1-4H3/i5D,6D,7D,8D,9D. The topological polar surface area (TPSA) is 0 Å². The Bertz CT molecular complexity index is 805. The molecule has 0 heteroatoms. The van der Waals surface area contributed by atoms with E-state index in [1.165, 1.54) is 5.56 Å². The van der Waals surface area contributed by atoms with Gasteiger partial charge in [-0.05, 0) is 46.3 Å². The van der Waals surface area contributed by atoms with E-state index in [0.717, 1.165) is 12.8 Å². The Balaban J connectivity index is 1.98. The van der Waals surface area contributed by atoms with Gasteiger partial charge in [-0.1, -0.05) is 82.2 Å². The Morgan fingerprint density at radius 2 is 1.33 bits per heavy atom. The van der Waals surface area contributed by atoms with Crippen molar-refractivity contribution in [3.63, 3.8) is 0 Å². The van der Waals surface area contributed by atoms with Gasteiger partial charge in [-0.3, -0.25) is 0 Å². The van der Waals surface area contributed by atoms with Crippen molar-refractivity contribution >= 4 is 0 Å². The molecule has 1 saturated carbocycles. The van der Waals surface area contributed by atoms with E-state index in [-0.39, 0.29) is 46.6 Å². The fourth-order valence-corrected chi connectivity index (χ4v) is 3.41.